The fourth-order valence-corrected chi connectivity index (χ4v) is 3.08. The van der Waals surface area contributed by atoms with Crippen molar-refractivity contribution < 1.29 is 4.79 Å². The summed E-state index contributed by atoms with van der Waals surface area (Å²) in [5.74, 6) is 0.943. The lowest BCUT2D eigenvalue weighted by Crippen LogP contribution is -2.14. The third-order valence-electron chi connectivity index (χ3n) is 4.05. The summed E-state index contributed by atoms with van der Waals surface area (Å²) in [6.45, 7) is 0. The van der Waals surface area contributed by atoms with Crippen LogP contribution in [0.5, 0.6) is 0 Å². The van der Waals surface area contributed by atoms with Crippen molar-refractivity contribution in [3.63, 3.8) is 0 Å². The number of allylic oxidation sites excluding steroid dienone is 2. The van der Waals surface area contributed by atoms with Crippen LogP contribution in [0.3, 0.4) is 0 Å². The van der Waals surface area contributed by atoms with Crippen LogP contribution in [-0.4, -0.2) is 5.78 Å². The number of Topliss-reactive ketones (excluding diaryl/α,β-unsaturated/α-hetero) is 1. The highest BCUT2D eigenvalue weighted by molar-refractivity contribution is 6.10. The lowest BCUT2D eigenvalue weighted by Gasteiger charge is -2.18. The highest BCUT2D eigenvalue weighted by atomic mass is 16.1. The summed E-state index contributed by atoms with van der Waals surface area (Å²) < 4.78 is 0. The zero-order valence-corrected chi connectivity index (χ0v) is 10.1. The smallest absolute Gasteiger partial charge is 0.188 e. The van der Waals surface area contributed by atoms with Gasteiger partial charge in [0.2, 0.25) is 0 Å². The Hall–Kier alpha value is -1.37. The minimum absolute atomic E-state index is 0.277. The molecule has 0 heterocycles. The second-order valence-corrected chi connectivity index (χ2v) is 5.22. The average molecular weight is 226 g/mol. The summed E-state index contributed by atoms with van der Waals surface area (Å²) >= 11 is 0. The lowest BCUT2D eigenvalue weighted by atomic mass is 9.85. The first-order valence-electron chi connectivity index (χ1n) is 6.68. The van der Waals surface area contributed by atoms with Crippen LogP contribution in [0.2, 0.25) is 0 Å². The molecule has 0 spiro atoms. The van der Waals surface area contributed by atoms with E-state index < -0.39 is 0 Å². The van der Waals surface area contributed by atoms with E-state index in [2.05, 4.69) is 12.1 Å². The van der Waals surface area contributed by atoms with Crippen molar-refractivity contribution in [2.24, 2.45) is 5.92 Å². The molecule has 0 saturated heterocycles. The van der Waals surface area contributed by atoms with E-state index in [4.69, 9.17) is 0 Å². The van der Waals surface area contributed by atoms with Crippen LogP contribution in [0.4, 0.5) is 0 Å². The van der Waals surface area contributed by atoms with Gasteiger partial charge in [-0.25, -0.2) is 0 Å². The molecule has 2 aliphatic rings. The van der Waals surface area contributed by atoms with Crippen molar-refractivity contribution in [2.75, 3.05) is 0 Å². The molecule has 0 aliphatic heterocycles. The van der Waals surface area contributed by atoms with E-state index in [1.807, 2.05) is 18.2 Å². The topological polar surface area (TPSA) is 17.1 Å². The van der Waals surface area contributed by atoms with Gasteiger partial charge < -0.3 is 0 Å². The number of fused-ring (bicyclic) bond motifs is 1. The second kappa shape index (κ2) is 4.48. The van der Waals surface area contributed by atoms with E-state index in [1.54, 1.807) is 0 Å². The zero-order valence-electron chi connectivity index (χ0n) is 10.1. The molecule has 0 aromatic heterocycles. The predicted octanol–water partition coefficient (Wildman–Crippen LogP) is 3.93. The normalized spacial score (nSPS) is 23.1. The number of carbonyl (C=O) groups is 1. The van der Waals surface area contributed by atoms with Crippen molar-refractivity contribution in [3.8, 4) is 0 Å². The first-order chi connectivity index (χ1) is 8.34. The van der Waals surface area contributed by atoms with Crippen LogP contribution >= 0.6 is 0 Å². The SMILES string of the molecule is O=C1/C(=C/C2CCCC2)CCc2ccccc21. The minimum Gasteiger partial charge on any atom is -0.289 e. The van der Waals surface area contributed by atoms with Crippen LogP contribution < -0.4 is 0 Å². The maximum Gasteiger partial charge on any atom is 0.188 e. The van der Waals surface area contributed by atoms with Gasteiger partial charge in [0.25, 0.3) is 0 Å². The molecule has 3 rings (SSSR count). The van der Waals surface area contributed by atoms with E-state index in [0.29, 0.717) is 5.92 Å². The molecular weight excluding hydrogens is 208 g/mol. The molecule has 0 amide bonds. The number of benzene rings is 1. The first-order valence-corrected chi connectivity index (χ1v) is 6.68. The van der Waals surface area contributed by atoms with Crippen molar-refractivity contribution in [1.82, 2.24) is 0 Å². The van der Waals surface area contributed by atoms with Gasteiger partial charge in [0.1, 0.15) is 0 Å². The Morgan fingerprint density at radius 2 is 1.82 bits per heavy atom. The molecule has 1 nitrogen and oxygen atoms in total. The Bertz CT molecular complexity index is 464. The highest BCUT2D eigenvalue weighted by Crippen LogP contribution is 2.31. The van der Waals surface area contributed by atoms with Crippen molar-refractivity contribution in [3.05, 3.63) is 47.0 Å². The Balaban J connectivity index is 1.88. The van der Waals surface area contributed by atoms with E-state index in [-0.39, 0.29) is 5.78 Å². The monoisotopic (exact) mass is 226 g/mol. The third kappa shape index (κ3) is 2.06. The Morgan fingerprint density at radius 3 is 2.65 bits per heavy atom. The van der Waals surface area contributed by atoms with Crippen LogP contribution in [0, 0.1) is 5.92 Å². The van der Waals surface area contributed by atoms with Gasteiger partial charge in [-0.1, -0.05) is 43.2 Å². The predicted molar refractivity (Wildman–Crippen MR) is 69.1 cm³/mol. The molecular formula is C16H18O. The number of aryl methyl sites for hydroxylation is 1. The first kappa shape index (κ1) is 10.8. The molecule has 2 aliphatic carbocycles. The molecule has 17 heavy (non-hydrogen) atoms. The number of ketones is 1. The Labute approximate surface area is 103 Å². The fraction of sp³-hybridized carbons (Fsp3) is 0.438. The second-order valence-electron chi connectivity index (χ2n) is 5.22. The summed E-state index contributed by atoms with van der Waals surface area (Å²) in [6.07, 6.45) is 9.45. The lowest BCUT2D eigenvalue weighted by molar-refractivity contribution is 0.102. The van der Waals surface area contributed by atoms with Crippen LogP contribution in [-0.2, 0) is 6.42 Å². The maximum atomic E-state index is 12.3. The van der Waals surface area contributed by atoms with Gasteiger partial charge in [0, 0.05) is 5.56 Å². The molecule has 0 atom stereocenters. The van der Waals surface area contributed by atoms with Crippen LogP contribution in [0.15, 0.2) is 35.9 Å². The number of hydrogen-bond acceptors (Lipinski definition) is 1. The quantitative estimate of drug-likeness (QED) is 0.663. The van der Waals surface area contributed by atoms with Gasteiger partial charge in [-0.05, 0) is 42.7 Å². The molecule has 1 aromatic rings. The average Bonchev–Trinajstić information content (AvgIpc) is 2.86. The third-order valence-corrected chi connectivity index (χ3v) is 4.05. The van der Waals surface area contributed by atoms with Crippen LogP contribution in [0.25, 0.3) is 0 Å². The molecule has 0 radical (unpaired) electrons. The summed E-state index contributed by atoms with van der Waals surface area (Å²) in [6, 6.07) is 8.05. The molecule has 1 aromatic carbocycles. The number of carbonyl (C=O) groups excluding carboxylic acids is 1. The van der Waals surface area contributed by atoms with Crippen molar-refractivity contribution in [1.29, 1.82) is 0 Å². The largest absolute Gasteiger partial charge is 0.289 e. The highest BCUT2D eigenvalue weighted by Gasteiger charge is 2.23. The van der Waals surface area contributed by atoms with Gasteiger partial charge in [0.15, 0.2) is 5.78 Å². The summed E-state index contributed by atoms with van der Waals surface area (Å²) in [5, 5.41) is 0. The number of rotatable bonds is 1. The molecule has 0 bridgehead atoms. The molecule has 0 N–H and O–H groups in total. The van der Waals surface area contributed by atoms with Gasteiger partial charge in [0.05, 0.1) is 0 Å². The van der Waals surface area contributed by atoms with Crippen molar-refractivity contribution in [2.45, 2.75) is 38.5 Å². The molecule has 88 valence electrons. The van der Waals surface area contributed by atoms with E-state index in [1.165, 1.54) is 31.2 Å². The molecule has 1 saturated carbocycles. The van der Waals surface area contributed by atoms with E-state index in [9.17, 15) is 4.79 Å². The standard InChI is InChI=1S/C16H18O/c17-16-14(11-12-5-1-2-6-12)10-9-13-7-3-4-8-15(13)16/h3-4,7-8,11-12H,1-2,5-6,9-10H2/b14-11+. The summed E-state index contributed by atoms with van der Waals surface area (Å²) in [4.78, 5) is 12.3. The fourth-order valence-electron chi connectivity index (χ4n) is 3.08. The van der Waals surface area contributed by atoms with E-state index >= 15 is 0 Å². The summed E-state index contributed by atoms with van der Waals surface area (Å²) in [5.41, 5.74) is 3.22. The summed E-state index contributed by atoms with van der Waals surface area (Å²) in [7, 11) is 0. The van der Waals surface area contributed by atoms with E-state index in [0.717, 1.165) is 24.0 Å². The number of hydrogen-bond donors (Lipinski definition) is 0. The molecule has 1 heteroatoms. The van der Waals surface area contributed by atoms with Gasteiger partial charge in [-0.15, -0.1) is 0 Å². The van der Waals surface area contributed by atoms with Gasteiger partial charge >= 0.3 is 0 Å². The molecule has 1 fully saturated rings. The Morgan fingerprint density at radius 1 is 1.06 bits per heavy atom. The Kier molecular flexibility index (Phi) is 2.84. The van der Waals surface area contributed by atoms with Gasteiger partial charge in [-0.2, -0.15) is 0 Å². The van der Waals surface area contributed by atoms with Crippen LogP contribution in [0.1, 0.15) is 48.0 Å². The molecule has 0 unspecified atom stereocenters. The van der Waals surface area contributed by atoms with Gasteiger partial charge in [-0.3, -0.25) is 4.79 Å². The minimum atomic E-state index is 0.277. The zero-order chi connectivity index (χ0) is 11.7. The van der Waals surface area contributed by atoms with Crippen molar-refractivity contribution >= 4 is 5.78 Å². The maximum absolute atomic E-state index is 12.3.